The third-order valence-electron chi connectivity index (χ3n) is 5.83. The first-order valence-corrected chi connectivity index (χ1v) is 9.74. The Morgan fingerprint density at radius 2 is 2.11 bits per heavy atom. The van der Waals surface area contributed by atoms with Crippen molar-refractivity contribution < 1.29 is 4.79 Å². The summed E-state index contributed by atoms with van der Waals surface area (Å²) in [7, 11) is 0. The normalized spacial score (nSPS) is 23.3. The lowest BCUT2D eigenvalue weighted by molar-refractivity contribution is -0.121. The molecule has 1 fully saturated rings. The fraction of sp³-hybridized carbons (Fsp3) is 0.400. The molecule has 0 radical (unpaired) electrons. The minimum absolute atomic E-state index is 0.100. The monoisotopic (exact) mass is 377 g/mol. The Morgan fingerprint density at radius 3 is 3.00 bits per heavy atom. The van der Waals surface area contributed by atoms with Crippen LogP contribution < -0.4 is 10.2 Å². The highest BCUT2D eigenvalue weighted by Crippen LogP contribution is 2.27. The van der Waals surface area contributed by atoms with Crippen LogP contribution in [0.25, 0.3) is 5.65 Å². The molecule has 28 heavy (non-hydrogen) atoms. The first-order valence-electron chi connectivity index (χ1n) is 9.74. The zero-order chi connectivity index (χ0) is 19.1. The smallest absolute Gasteiger partial charge is 0.241 e. The van der Waals surface area contributed by atoms with Crippen molar-refractivity contribution in [1.82, 2.24) is 24.5 Å². The lowest BCUT2D eigenvalue weighted by Crippen LogP contribution is -2.57. The molecule has 0 bridgehead atoms. The summed E-state index contributed by atoms with van der Waals surface area (Å²) in [4.78, 5) is 22.0. The molecule has 8 heteroatoms. The molecule has 8 nitrogen and oxygen atoms in total. The van der Waals surface area contributed by atoms with E-state index in [1.165, 1.54) is 5.56 Å². The number of nitrogens with one attached hydrogen (secondary N) is 1. The highest BCUT2D eigenvalue weighted by atomic mass is 16.2. The topological polar surface area (TPSA) is 78.7 Å². The van der Waals surface area contributed by atoms with Crippen LogP contribution in [0, 0.1) is 0 Å². The molecule has 4 heterocycles. The van der Waals surface area contributed by atoms with Gasteiger partial charge in [0.2, 0.25) is 11.6 Å². The van der Waals surface area contributed by atoms with Gasteiger partial charge in [-0.1, -0.05) is 18.2 Å². The van der Waals surface area contributed by atoms with Crippen molar-refractivity contribution in [3.63, 3.8) is 0 Å². The molecule has 3 aromatic rings. The lowest BCUT2D eigenvalue weighted by atomic mass is 10.0. The van der Waals surface area contributed by atoms with Crippen LogP contribution in [-0.4, -0.2) is 62.1 Å². The molecule has 0 saturated carbocycles. The van der Waals surface area contributed by atoms with Crippen molar-refractivity contribution in [2.75, 3.05) is 29.9 Å². The number of amides is 1. The molecular formula is C20H23N7O. The first kappa shape index (κ1) is 17.1. The van der Waals surface area contributed by atoms with Gasteiger partial charge < -0.3 is 10.2 Å². The average Bonchev–Trinajstić information content (AvgIpc) is 3.12. The largest absolute Gasteiger partial charge is 0.348 e. The summed E-state index contributed by atoms with van der Waals surface area (Å²) in [6.07, 6.45) is 7.07. The quantitative estimate of drug-likeness (QED) is 0.731. The average molecular weight is 377 g/mol. The Morgan fingerprint density at radius 1 is 1.21 bits per heavy atom. The molecule has 1 saturated heterocycles. The van der Waals surface area contributed by atoms with Gasteiger partial charge in [-0.3, -0.25) is 14.1 Å². The van der Waals surface area contributed by atoms with Crippen LogP contribution in [0.3, 0.4) is 0 Å². The predicted octanol–water partition coefficient (Wildman–Crippen LogP) is 1.59. The summed E-state index contributed by atoms with van der Waals surface area (Å²) in [6.45, 7) is 4.61. The summed E-state index contributed by atoms with van der Waals surface area (Å²) >= 11 is 0. The van der Waals surface area contributed by atoms with E-state index in [0.717, 1.165) is 49.6 Å². The number of benzene rings is 1. The second-order valence-electron chi connectivity index (χ2n) is 7.55. The fourth-order valence-corrected chi connectivity index (χ4v) is 4.38. The number of hydrogen-bond donors (Lipinski definition) is 1. The maximum Gasteiger partial charge on any atom is 0.241 e. The summed E-state index contributed by atoms with van der Waals surface area (Å²) in [5, 5.41) is 11.3. The number of hydrogen-bond acceptors (Lipinski definition) is 6. The van der Waals surface area contributed by atoms with Gasteiger partial charge in [-0.2, -0.15) is 0 Å². The molecule has 1 aromatic carbocycles. The second-order valence-corrected chi connectivity index (χ2v) is 7.55. The van der Waals surface area contributed by atoms with Crippen LogP contribution in [-0.2, 0) is 11.2 Å². The van der Waals surface area contributed by atoms with Crippen LogP contribution in [0.2, 0.25) is 0 Å². The van der Waals surface area contributed by atoms with Crippen LogP contribution >= 0.6 is 0 Å². The standard InChI is InChI=1S/C20H23N7O/c1-14-12-25(17-7-6-15-4-2-3-5-16(15)23-20(17)28)10-11-27(14)18-19-24-22-13-26(19)9-8-21-18/h2-5,8-9,13-14,17H,6-7,10-12H2,1H3,(H,23,28). The minimum atomic E-state index is -0.103. The Labute approximate surface area is 163 Å². The van der Waals surface area contributed by atoms with Crippen LogP contribution in [0.5, 0.6) is 0 Å². The van der Waals surface area contributed by atoms with Crippen molar-refractivity contribution in [3.8, 4) is 0 Å². The third kappa shape index (κ3) is 2.90. The molecule has 144 valence electrons. The molecule has 2 aromatic heterocycles. The maximum atomic E-state index is 12.9. The van der Waals surface area contributed by atoms with E-state index in [0.29, 0.717) is 0 Å². The van der Waals surface area contributed by atoms with Gasteiger partial charge in [0, 0.05) is 43.8 Å². The van der Waals surface area contributed by atoms with Crippen molar-refractivity contribution in [2.24, 2.45) is 0 Å². The van der Waals surface area contributed by atoms with E-state index >= 15 is 0 Å². The van der Waals surface area contributed by atoms with Gasteiger partial charge in [0.25, 0.3) is 0 Å². The summed E-state index contributed by atoms with van der Waals surface area (Å²) < 4.78 is 1.89. The number of para-hydroxylation sites is 1. The summed E-state index contributed by atoms with van der Waals surface area (Å²) in [5.74, 6) is 0.952. The minimum Gasteiger partial charge on any atom is -0.348 e. The SMILES string of the molecule is CC1CN(C2CCc3ccccc3NC2=O)CCN1c1nccn2cnnc12. The highest BCUT2D eigenvalue weighted by molar-refractivity contribution is 5.96. The van der Waals surface area contributed by atoms with Crippen molar-refractivity contribution in [3.05, 3.63) is 48.5 Å². The number of rotatable bonds is 2. The van der Waals surface area contributed by atoms with Gasteiger partial charge >= 0.3 is 0 Å². The van der Waals surface area contributed by atoms with E-state index in [4.69, 9.17) is 0 Å². The van der Waals surface area contributed by atoms with Gasteiger partial charge in [0.15, 0.2) is 5.82 Å². The molecule has 2 atom stereocenters. The van der Waals surface area contributed by atoms with Gasteiger partial charge in [0.1, 0.15) is 6.33 Å². The summed E-state index contributed by atoms with van der Waals surface area (Å²) in [6, 6.07) is 8.21. The van der Waals surface area contributed by atoms with Crippen LogP contribution in [0.4, 0.5) is 11.5 Å². The van der Waals surface area contributed by atoms with E-state index in [-0.39, 0.29) is 18.0 Å². The van der Waals surface area contributed by atoms with Crippen molar-refractivity contribution in [1.29, 1.82) is 0 Å². The van der Waals surface area contributed by atoms with E-state index in [9.17, 15) is 4.79 Å². The van der Waals surface area contributed by atoms with Gasteiger partial charge in [-0.25, -0.2) is 4.98 Å². The number of nitrogens with zero attached hydrogens (tertiary/aromatic N) is 6. The molecule has 2 aliphatic heterocycles. The van der Waals surface area contributed by atoms with E-state index in [1.54, 1.807) is 12.5 Å². The van der Waals surface area contributed by atoms with E-state index < -0.39 is 0 Å². The van der Waals surface area contributed by atoms with Crippen molar-refractivity contribution in [2.45, 2.75) is 31.8 Å². The number of aromatic nitrogens is 4. The van der Waals surface area contributed by atoms with Crippen LogP contribution in [0.15, 0.2) is 43.0 Å². The highest BCUT2D eigenvalue weighted by Gasteiger charge is 2.34. The fourth-order valence-electron chi connectivity index (χ4n) is 4.38. The number of aryl methyl sites for hydroxylation is 1. The Hall–Kier alpha value is -3.00. The molecule has 2 aliphatic rings. The Bertz CT molecular complexity index is 1020. The molecule has 0 spiro atoms. The van der Waals surface area contributed by atoms with E-state index in [1.807, 2.05) is 28.8 Å². The van der Waals surface area contributed by atoms with Gasteiger partial charge in [-0.05, 0) is 31.4 Å². The molecule has 2 unspecified atom stereocenters. The zero-order valence-electron chi connectivity index (χ0n) is 15.8. The number of carbonyl (C=O) groups is 1. The number of anilines is 2. The van der Waals surface area contributed by atoms with Crippen LogP contribution in [0.1, 0.15) is 18.9 Å². The van der Waals surface area contributed by atoms with E-state index in [2.05, 4.69) is 43.3 Å². The molecule has 0 aliphatic carbocycles. The van der Waals surface area contributed by atoms with Gasteiger partial charge in [-0.15, -0.1) is 10.2 Å². The molecule has 1 N–H and O–H groups in total. The van der Waals surface area contributed by atoms with Crippen molar-refractivity contribution >= 4 is 23.1 Å². The predicted molar refractivity (Wildman–Crippen MR) is 106 cm³/mol. The maximum absolute atomic E-state index is 12.9. The third-order valence-corrected chi connectivity index (χ3v) is 5.83. The Kier molecular flexibility index (Phi) is 4.20. The number of piperazine rings is 1. The number of carbonyl (C=O) groups excluding carboxylic acids is 1. The van der Waals surface area contributed by atoms with Gasteiger partial charge in [0.05, 0.1) is 6.04 Å². The first-order chi connectivity index (χ1) is 13.7. The molecular weight excluding hydrogens is 354 g/mol. The zero-order valence-corrected chi connectivity index (χ0v) is 15.8. The second kappa shape index (κ2) is 6.87. The molecule has 1 amide bonds. The Balaban J connectivity index is 1.34. The number of fused-ring (bicyclic) bond motifs is 2. The lowest BCUT2D eigenvalue weighted by Gasteiger charge is -2.43. The summed E-state index contributed by atoms with van der Waals surface area (Å²) in [5.41, 5.74) is 2.93. The molecule has 5 rings (SSSR count).